The van der Waals surface area contributed by atoms with Crippen molar-refractivity contribution >= 4 is 17.5 Å². The number of unbranched alkanes of at least 4 members (excludes halogenated alkanes) is 5. The fourth-order valence-corrected chi connectivity index (χ4v) is 3.47. The lowest BCUT2D eigenvalue weighted by atomic mass is 9.97. The molecule has 3 nitrogen and oxygen atoms in total. The van der Waals surface area contributed by atoms with Crippen molar-refractivity contribution in [3.63, 3.8) is 0 Å². The van der Waals surface area contributed by atoms with Gasteiger partial charge in [0, 0.05) is 0 Å². The molecule has 0 spiro atoms. The number of carbonyl (C=O) groups is 2. The number of rotatable bonds is 8. The van der Waals surface area contributed by atoms with Gasteiger partial charge in [0.05, 0.1) is 16.8 Å². The molecule has 2 amide bonds. The number of para-hydroxylation sites is 1. The zero-order valence-electron chi connectivity index (χ0n) is 14.8. The molecule has 0 saturated heterocycles. The van der Waals surface area contributed by atoms with Crippen LogP contribution in [-0.2, 0) is 6.42 Å². The molecule has 0 bridgehead atoms. The molecular weight excluding hydrogens is 310 g/mol. The molecule has 0 N–H and O–H groups in total. The number of nitrogens with zero attached hydrogens (tertiary/aromatic N) is 1. The quantitative estimate of drug-likeness (QED) is 0.479. The summed E-state index contributed by atoms with van der Waals surface area (Å²) in [7, 11) is 0. The van der Waals surface area contributed by atoms with Gasteiger partial charge in [-0.3, -0.25) is 9.59 Å². The van der Waals surface area contributed by atoms with E-state index in [1.54, 1.807) is 18.2 Å². The second-order valence-electron chi connectivity index (χ2n) is 6.64. The van der Waals surface area contributed by atoms with Crippen molar-refractivity contribution in [2.75, 3.05) is 4.90 Å². The molecule has 0 unspecified atom stereocenters. The standard InChI is InChI=1S/C22H25NO2/c1-2-3-4-5-6-8-12-17-13-11-16-19-20(17)22(25)23(21(19)24)18-14-9-7-10-15-18/h7,9-11,13-16H,2-6,8,12H2,1H3. The van der Waals surface area contributed by atoms with E-state index in [-0.39, 0.29) is 11.8 Å². The minimum atomic E-state index is -0.212. The number of benzene rings is 2. The molecule has 0 aliphatic carbocycles. The number of hydrogen-bond acceptors (Lipinski definition) is 2. The zero-order chi connectivity index (χ0) is 17.6. The van der Waals surface area contributed by atoms with Gasteiger partial charge in [-0.05, 0) is 36.6 Å². The Morgan fingerprint density at radius 2 is 1.48 bits per heavy atom. The number of anilines is 1. The van der Waals surface area contributed by atoms with E-state index in [2.05, 4.69) is 6.92 Å². The molecule has 0 aromatic heterocycles. The Morgan fingerprint density at radius 1 is 0.760 bits per heavy atom. The summed E-state index contributed by atoms with van der Waals surface area (Å²) in [4.78, 5) is 26.9. The number of imide groups is 1. The van der Waals surface area contributed by atoms with E-state index in [9.17, 15) is 9.59 Å². The van der Waals surface area contributed by atoms with E-state index in [0.717, 1.165) is 18.4 Å². The molecule has 0 saturated carbocycles. The van der Waals surface area contributed by atoms with Crippen molar-refractivity contribution in [2.45, 2.75) is 51.9 Å². The summed E-state index contributed by atoms with van der Waals surface area (Å²) < 4.78 is 0. The van der Waals surface area contributed by atoms with Crippen LogP contribution in [0.5, 0.6) is 0 Å². The third kappa shape index (κ3) is 3.65. The predicted octanol–water partition coefficient (Wildman–Crippen LogP) is 5.39. The van der Waals surface area contributed by atoms with Crippen molar-refractivity contribution in [3.05, 3.63) is 65.2 Å². The molecule has 1 aliphatic rings. The number of fused-ring (bicyclic) bond motifs is 1. The molecule has 3 heteroatoms. The van der Waals surface area contributed by atoms with E-state index >= 15 is 0 Å². The third-order valence-electron chi connectivity index (χ3n) is 4.82. The van der Waals surface area contributed by atoms with E-state index in [0.29, 0.717) is 16.8 Å². The van der Waals surface area contributed by atoms with Gasteiger partial charge in [-0.25, -0.2) is 4.90 Å². The maximum atomic E-state index is 12.9. The largest absolute Gasteiger partial charge is 0.268 e. The van der Waals surface area contributed by atoms with Crippen LogP contribution < -0.4 is 4.90 Å². The van der Waals surface area contributed by atoms with Crippen molar-refractivity contribution in [3.8, 4) is 0 Å². The highest BCUT2D eigenvalue weighted by atomic mass is 16.2. The Hall–Kier alpha value is -2.42. The van der Waals surface area contributed by atoms with Gasteiger partial charge in [0.2, 0.25) is 0 Å². The molecule has 130 valence electrons. The fraction of sp³-hybridized carbons (Fsp3) is 0.364. The Morgan fingerprint density at radius 3 is 2.24 bits per heavy atom. The highest BCUT2D eigenvalue weighted by Crippen LogP contribution is 2.31. The van der Waals surface area contributed by atoms with Crippen molar-refractivity contribution in [1.29, 1.82) is 0 Å². The normalized spacial score (nSPS) is 13.4. The molecule has 1 aliphatic heterocycles. The lowest BCUT2D eigenvalue weighted by Gasteiger charge is -2.13. The van der Waals surface area contributed by atoms with Gasteiger partial charge < -0.3 is 0 Å². The van der Waals surface area contributed by atoms with E-state index < -0.39 is 0 Å². The Labute approximate surface area is 149 Å². The van der Waals surface area contributed by atoms with Gasteiger partial charge in [-0.1, -0.05) is 69.4 Å². The van der Waals surface area contributed by atoms with Gasteiger partial charge in [0.15, 0.2) is 0 Å². The first-order chi connectivity index (χ1) is 12.2. The predicted molar refractivity (Wildman–Crippen MR) is 101 cm³/mol. The van der Waals surface area contributed by atoms with E-state index in [1.807, 2.05) is 30.3 Å². The van der Waals surface area contributed by atoms with Crippen LogP contribution in [-0.4, -0.2) is 11.8 Å². The highest BCUT2D eigenvalue weighted by Gasteiger charge is 2.37. The van der Waals surface area contributed by atoms with Crippen LogP contribution in [0.4, 0.5) is 5.69 Å². The molecule has 0 atom stereocenters. The number of hydrogen-bond donors (Lipinski definition) is 0. The first-order valence-electron chi connectivity index (χ1n) is 9.29. The summed E-state index contributed by atoms with van der Waals surface area (Å²) in [5, 5.41) is 0. The van der Waals surface area contributed by atoms with Gasteiger partial charge in [-0.15, -0.1) is 0 Å². The topological polar surface area (TPSA) is 37.4 Å². The van der Waals surface area contributed by atoms with Crippen LogP contribution >= 0.6 is 0 Å². The molecule has 2 aromatic carbocycles. The molecule has 3 rings (SSSR count). The third-order valence-corrected chi connectivity index (χ3v) is 4.82. The van der Waals surface area contributed by atoms with E-state index in [4.69, 9.17) is 0 Å². The Balaban J connectivity index is 1.74. The van der Waals surface area contributed by atoms with Crippen LogP contribution in [0.15, 0.2) is 48.5 Å². The summed E-state index contributed by atoms with van der Waals surface area (Å²) in [5.41, 5.74) is 2.78. The summed E-state index contributed by atoms with van der Waals surface area (Å²) in [5.74, 6) is -0.399. The second-order valence-corrected chi connectivity index (χ2v) is 6.64. The molecule has 25 heavy (non-hydrogen) atoms. The molecule has 2 aromatic rings. The van der Waals surface area contributed by atoms with Crippen LogP contribution in [0.3, 0.4) is 0 Å². The minimum Gasteiger partial charge on any atom is -0.268 e. The smallest absolute Gasteiger partial charge is 0.266 e. The number of carbonyl (C=O) groups excluding carboxylic acids is 2. The minimum absolute atomic E-state index is 0.187. The van der Waals surface area contributed by atoms with Crippen LogP contribution in [0.2, 0.25) is 0 Å². The van der Waals surface area contributed by atoms with Gasteiger partial charge in [0.25, 0.3) is 11.8 Å². The summed E-state index contributed by atoms with van der Waals surface area (Å²) in [6.45, 7) is 2.22. The van der Waals surface area contributed by atoms with Crippen LogP contribution in [0.1, 0.15) is 71.7 Å². The molecule has 1 heterocycles. The molecular formula is C22H25NO2. The van der Waals surface area contributed by atoms with Crippen LogP contribution in [0.25, 0.3) is 0 Å². The van der Waals surface area contributed by atoms with Crippen molar-refractivity contribution in [2.24, 2.45) is 0 Å². The molecule has 0 radical (unpaired) electrons. The summed E-state index contributed by atoms with van der Waals surface area (Å²) >= 11 is 0. The molecule has 0 fully saturated rings. The first kappa shape index (κ1) is 17.4. The van der Waals surface area contributed by atoms with Crippen molar-refractivity contribution < 1.29 is 9.59 Å². The van der Waals surface area contributed by atoms with Gasteiger partial charge in [-0.2, -0.15) is 0 Å². The zero-order valence-corrected chi connectivity index (χ0v) is 14.8. The Kier molecular flexibility index (Phi) is 5.64. The van der Waals surface area contributed by atoms with Crippen LogP contribution in [0, 0.1) is 0 Å². The fourth-order valence-electron chi connectivity index (χ4n) is 3.47. The Bertz CT molecular complexity index is 752. The average molecular weight is 335 g/mol. The lowest BCUT2D eigenvalue weighted by Crippen LogP contribution is -2.29. The SMILES string of the molecule is CCCCCCCCc1cccc2c1C(=O)N(c1ccccc1)C2=O. The maximum absolute atomic E-state index is 12.9. The number of aryl methyl sites for hydroxylation is 1. The monoisotopic (exact) mass is 335 g/mol. The number of amides is 2. The van der Waals surface area contributed by atoms with Gasteiger partial charge >= 0.3 is 0 Å². The summed E-state index contributed by atoms with van der Waals surface area (Å²) in [6.07, 6.45) is 8.16. The average Bonchev–Trinajstić information content (AvgIpc) is 2.90. The van der Waals surface area contributed by atoms with E-state index in [1.165, 1.54) is 37.0 Å². The maximum Gasteiger partial charge on any atom is 0.266 e. The van der Waals surface area contributed by atoms with Gasteiger partial charge in [0.1, 0.15) is 0 Å². The lowest BCUT2D eigenvalue weighted by molar-refractivity contribution is 0.0926. The summed E-state index contributed by atoms with van der Waals surface area (Å²) in [6, 6.07) is 14.8. The highest BCUT2D eigenvalue weighted by molar-refractivity contribution is 6.34. The second kappa shape index (κ2) is 8.11. The van der Waals surface area contributed by atoms with Crippen molar-refractivity contribution in [1.82, 2.24) is 0 Å². The first-order valence-corrected chi connectivity index (χ1v) is 9.29.